The lowest BCUT2D eigenvalue weighted by Gasteiger charge is -2.26. The van der Waals surface area contributed by atoms with E-state index in [2.05, 4.69) is 99.1 Å². The predicted octanol–water partition coefficient (Wildman–Crippen LogP) is 7.23. The van der Waals surface area contributed by atoms with Crippen molar-refractivity contribution in [3.63, 3.8) is 0 Å². The van der Waals surface area contributed by atoms with Gasteiger partial charge in [-0.15, -0.1) is 0 Å². The van der Waals surface area contributed by atoms with Gasteiger partial charge in [0.1, 0.15) is 18.1 Å². The number of rotatable bonds is 10. The number of aliphatic imine (C=N–C) groups is 1. The van der Waals surface area contributed by atoms with Crippen LogP contribution in [0.4, 0.5) is 11.4 Å². The van der Waals surface area contributed by atoms with Crippen molar-refractivity contribution in [2.75, 3.05) is 45.2 Å². The Morgan fingerprint density at radius 2 is 1.74 bits per heavy atom. The third kappa shape index (κ3) is 5.94. The minimum atomic E-state index is 0.537. The minimum absolute atomic E-state index is 0.537. The molecule has 0 N–H and O–H groups in total. The normalized spacial score (nSPS) is 13.4. The summed E-state index contributed by atoms with van der Waals surface area (Å²) in [5, 5.41) is 0. The highest BCUT2D eigenvalue weighted by molar-refractivity contribution is 6.03. The van der Waals surface area contributed by atoms with Crippen molar-refractivity contribution in [2.45, 2.75) is 41.2 Å². The molecule has 0 fully saturated rings. The second-order valence-corrected chi connectivity index (χ2v) is 9.94. The zero-order chi connectivity index (χ0) is 27.2. The molecule has 5 heteroatoms. The maximum absolute atomic E-state index is 6.10. The summed E-state index contributed by atoms with van der Waals surface area (Å²) in [5.74, 6) is 1.75. The first-order valence-electron chi connectivity index (χ1n) is 13.6. The SMILES string of the molecule is CCN(C)CCN(CC)c1ccc(N=C(C)c2cc3c(cc2OC)C(c2ccccc2)=C(C)OC3)c(C)c1. The van der Waals surface area contributed by atoms with Crippen molar-refractivity contribution in [1.82, 2.24) is 4.90 Å². The Labute approximate surface area is 228 Å². The molecule has 0 amide bonds. The molecule has 0 atom stereocenters. The molecule has 3 aromatic carbocycles. The van der Waals surface area contributed by atoms with Gasteiger partial charge in [0.05, 0.1) is 12.8 Å². The monoisotopic (exact) mass is 511 g/mol. The molecule has 0 spiro atoms. The van der Waals surface area contributed by atoms with Crippen LogP contribution in [0.1, 0.15) is 55.5 Å². The molecule has 0 unspecified atom stereocenters. The van der Waals surface area contributed by atoms with Gasteiger partial charge in [-0.05, 0) is 93.9 Å². The lowest BCUT2D eigenvalue weighted by atomic mass is 9.89. The Kier molecular flexibility index (Phi) is 8.90. The summed E-state index contributed by atoms with van der Waals surface area (Å²) < 4.78 is 12.0. The molecule has 5 nitrogen and oxygen atoms in total. The lowest BCUT2D eigenvalue weighted by molar-refractivity contribution is 0.197. The van der Waals surface area contributed by atoms with E-state index < -0.39 is 0 Å². The molecule has 0 aromatic heterocycles. The average molecular weight is 512 g/mol. The van der Waals surface area contributed by atoms with Crippen molar-refractivity contribution < 1.29 is 9.47 Å². The topological polar surface area (TPSA) is 37.3 Å². The Hall–Kier alpha value is -3.57. The summed E-state index contributed by atoms with van der Waals surface area (Å²) in [5.41, 5.74) is 9.84. The van der Waals surface area contributed by atoms with Crippen molar-refractivity contribution >= 4 is 22.7 Å². The minimum Gasteiger partial charge on any atom is -0.496 e. The molecule has 0 bridgehead atoms. The highest BCUT2D eigenvalue weighted by atomic mass is 16.5. The van der Waals surface area contributed by atoms with Crippen molar-refractivity contribution in [2.24, 2.45) is 4.99 Å². The van der Waals surface area contributed by atoms with E-state index >= 15 is 0 Å². The van der Waals surface area contributed by atoms with Crippen molar-refractivity contribution in [3.8, 4) is 5.75 Å². The Morgan fingerprint density at radius 1 is 0.974 bits per heavy atom. The molecule has 1 aliphatic rings. The van der Waals surface area contributed by atoms with E-state index in [0.29, 0.717) is 6.61 Å². The van der Waals surface area contributed by atoms with Gasteiger partial charge in [0, 0.05) is 42.2 Å². The Balaban J connectivity index is 1.65. The molecule has 0 aliphatic carbocycles. The zero-order valence-corrected chi connectivity index (χ0v) is 24.0. The van der Waals surface area contributed by atoms with E-state index in [1.165, 1.54) is 5.69 Å². The standard InChI is InChI=1S/C33H41N3O2/c1-8-35(6)17-18-36(9-2)28-15-16-31(23(3)19-28)34-24(4)29-20-27-22-38-25(5)33(26-13-11-10-12-14-26)30(27)21-32(29)37-7/h10-16,19-21H,8-9,17-18,22H2,1-7H3. The van der Waals surface area contributed by atoms with E-state index in [1.54, 1.807) is 7.11 Å². The highest BCUT2D eigenvalue weighted by Gasteiger charge is 2.23. The van der Waals surface area contributed by atoms with E-state index in [-0.39, 0.29) is 0 Å². The zero-order valence-electron chi connectivity index (χ0n) is 24.0. The third-order valence-electron chi connectivity index (χ3n) is 7.45. The highest BCUT2D eigenvalue weighted by Crippen LogP contribution is 2.38. The number of nitrogens with zero attached hydrogens (tertiary/aromatic N) is 3. The number of ether oxygens (including phenoxy) is 2. The van der Waals surface area contributed by atoms with Crippen molar-refractivity contribution in [1.29, 1.82) is 0 Å². The summed E-state index contributed by atoms with van der Waals surface area (Å²) in [6, 6.07) is 21.3. The molecule has 0 radical (unpaired) electrons. The van der Waals surface area contributed by atoms with Crippen LogP contribution in [0.15, 0.2) is 71.4 Å². The second-order valence-electron chi connectivity index (χ2n) is 9.94. The predicted molar refractivity (Wildman–Crippen MR) is 160 cm³/mol. The number of aryl methyl sites for hydroxylation is 1. The van der Waals surface area contributed by atoms with Crippen LogP contribution in [0, 0.1) is 6.92 Å². The number of anilines is 1. The fraction of sp³-hybridized carbons (Fsp3) is 0.364. The van der Waals surface area contributed by atoms with Crippen LogP contribution in [0.2, 0.25) is 0 Å². The van der Waals surface area contributed by atoms with Crippen molar-refractivity contribution in [3.05, 3.63) is 94.2 Å². The quantitative estimate of drug-likeness (QED) is 0.269. The van der Waals surface area contributed by atoms with Crippen LogP contribution in [0.5, 0.6) is 5.75 Å². The Morgan fingerprint density at radius 3 is 2.39 bits per heavy atom. The molecular weight excluding hydrogens is 470 g/mol. The van der Waals surface area contributed by atoms with Gasteiger partial charge in [-0.3, -0.25) is 4.99 Å². The summed E-state index contributed by atoms with van der Waals surface area (Å²) in [6.07, 6.45) is 0. The lowest BCUT2D eigenvalue weighted by Crippen LogP contribution is -2.33. The summed E-state index contributed by atoms with van der Waals surface area (Å²) in [7, 11) is 3.90. The van der Waals surface area contributed by atoms with Crippen LogP contribution in [-0.4, -0.2) is 50.9 Å². The largest absolute Gasteiger partial charge is 0.496 e. The first-order chi connectivity index (χ1) is 18.4. The van der Waals surface area contributed by atoms with Gasteiger partial charge < -0.3 is 19.3 Å². The fourth-order valence-corrected chi connectivity index (χ4v) is 4.96. The van der Waals surface area contributed by atoms with Gasteiger partial charge in [-0.25, -0.2) is 0 Å². The van der Waals surface area contributed by atoms with Gasteiger partial charge in [-0.2, -0.15) is 0 Å². The van der Waals surface area contributed by atoms with E-state index in [1.807, 2.05) is 13.0 Å². The molecule has 0 saturated heterocycles. The van der Waals surface area contributed by atoms with Crippen LogP contribution in [0.25, 0.3) is 5.57 Å². The van der Waals surface area contributed by atoms with Gasteiger partial charge in [0.25, 0.3) is 0 Å². The molecule has 200 valence electrons. The molecule has 3 aromatic rings. The number of benzene rings is 3. The van der Waals surface area contributed by atoms with Gasteiger partial charge in [0.2, 0.25) is 0 Å². The van der Waals surface area contributed by atoms with Gasteiger partial charge >= 0.3 is 0 Å². The Bertz CT molecular complexity index is 1330. The van der Waals surface area contributed by atoms with Crippen LogP contribution < -0.4 is 9.64 Å². The number of fused-ring (bicyclic) bond motifs is 1. The van der Waals surface area contributed by atoms with E-state index in [0.717, 1.165) is 82.5 Å². The summed E-state index contributed by atoms with van der Waals surface area (Å²) in [6.45, 7) is 15.3. The third-order valence-corrected chi connectivity index (χ3v) is 7.45. The fourth-order valence-electron chi connectivity index (χ4n) is 4.96. The molecular formula is C33H41N3O2. The maximum Gasteiger partial charge on any atom is 0.128 e. The maximum atomic E-state index is 6.10. The molecule has 4 rings (SSSR count). The molecule has 38 heavy (non-hydrogen) atoms. The molecule has 1 aliphatic heterocycles. The summed E-state index contributed by atoms with van der Waals surface area (Å²) >= 11 is 0. The number of allylic oxidation sites excluding steroid dienone is 1. The van der Waals surface area contributed by atoms with Crippen LogP contribution in [-0.2, 0) is 11.3 Å². The number of methoxy groups -OCH3 is 1. The van der Waals surface area contributed by atoms with Crippen LogP contribution in [0.3, 0.4) is 0 Å². The average Bonchev–Trinajstić information content (AvgIpc) is 2.94. The number of hydrogen-bond acceptors (Lipinski definition) is 5. The van der Waals surface area contributed by atoms with Gasteiger partial charge in [-0.1, -0.05) is 37.3 Å². The molecule has 1 heterocycles. The molecule has 0 saturated carbocycles. The summed E-state index contributed by atoms with van der Waals surface area (Å²) in [4.78, 5) is 9.81. The van der Waals surface area contributed by atoms with E-state index in [4.69, 9.17) is 14.5 Å². The first kappa shape index (κ1) is 27.5. The first-order valence-corrected chi connectivity index (χ1v) is 13.6. The van der Waals surface area contributed by atoms with E-state index in [9.17, 15) is 0 Å². The second kappa shape index (κ2) is 12.3. The number of likely N-dealkylation sites (N-methyl/N-ethyl adjacent to an activating group) is 2. The van der Waals surface area contributed by atoms with Crippen LogP contribution >= 0.6 is 0 Å². The number of hydrogen-bond donors (Lipinski definition) is 0. The van der Waals surface area contributed by atoms with Gasteiger partial charge in [0.15, 0.2) is 0 Å². The smallest absolute Gasteiger partial charge is 0.128 e.